The number of carboxylic acid groups (broad SMARTS) is 1. The Hall–Kier alpha value is -3.47. The van der Waals surface area contributed by atoms with Gasteiger partial charge in [0.25, 0.3) is 0 Å². The number of aryl methyl sites for hydroxylation is 2. The number of carbonyl (C=O) groups is 1. The fraction of sp³-hybridized carbons (Fsp3) is 0.136. The van der Waals surface area contributed by atoms with E-state index in [1.165, 1.54) is 0 Å². The van der Waals surface area contributed by atoms with Crippen LogP contribution < -0.4 is 0 Å². The van der Waals surface area contributed by atoms with Crippen molar-refractivity contribution in [3.63, 3.8) is 0 Å². The Morgan fingerprint density at radius 1 is 1.04 bits per heavy atom. The van der Waals surface area contributed by atoms with E-state index in [1.807, 2.05) is 37.3 Å². The highest BCUT2D eigenvalue weighted by Gasteiger charge is 2.22. The van der Waals surface area contributed by atoms with E-state index in [0.29, 0.717) is 23.8 Å². The first-order valence-electron chi connectivity index (χ1n) is 8.75. The second-order valence-corrected chi connectivity index (χ2v) is 6.56. The van der Waals surface area contributed by atoms with Gasteiger partial charge < -0.3 is 9.67 Å². The van der Waals surface area contributed by atoms with Gasteiger partial charge in [0.2, 0.25) is 0 Å². The molecule has 0 fully saturated rings. The molecule has 2 aromatic carbocycles. The van der Waals surface area contributed by atoms with Crippen LogP contribution in [0.2, 0.25) is 0 Å². The molecule has 0 amide bonds. The molecule has 5 nitrogen and oxygen atoms in total. The van der Waals surface area contributed by atoms with Gasteiger partial charge in [-0.3, -0.25) is 4.98 Å². The molecule has 0 spiro atoms. The third kappa shape index (κ3) is 2.97. The van der Waals surface area contributed by atoms with Crippen molar-refractivity contribution in [1.29, 1.82) is 0 Å². The number of rotatable bonds is 4. The van der Waals surface area contributed by atoms with Gasteiger partial charge in [0.1, 0.15) is 5.69 Å². The van der Waals surface area contributed by atoms with Crippen molar-refractivity contribution in [3.8, 4) is 11.5 Å². The van der Waals surface area contributed by atoms with Gasteiger partial charge in [0.05, 0.1) is 12.2 Å². The zero-order chi connectivity index (χ0) is 19.0. The Balaban J connectivity index is 1.95. The van der Waals surface area contributed by atoms with Crippen molar-refractivity contribution in [2.45, 2.75) is 20.4 Å². The lowest BCUT2D eigenvalue weighted by Gasteiger charge is -2.15. The minimum absolute atomic E-state index is 0.197. The van der Waals surface area contributed by atoms with Crippen molar-refractivity contribution in [1.82, 2.24) is 14.5 Å². The van der Waals surface area contributed by atoms with Crippen molar-refractivity contribution in [2.75, 3.05) is 0 Å². The highest BCUT2D eigenvalue weighted by Crippen LogP contribution is 2.27. The molecule has 1 N–H and O–H groups in total. The maximum atomic E-state index is 11.9. The summed E-state index contributed by atoms with van der Waals surface area (Å²) in [5, 5.41) is 12.0. The number of nitrogens with zero attached hydrogens (tertiary/aromatic N) is 3. The molecular formula is C22H19N3O2. The van der Waals surface area contributed by atoms with Gasteiger partial charge >= 0.3 is 5.97 Å². The third-order valence-corrected chi connectivity index (χ3v) is 4.83. The quantitative estimate of drug-likeness (QED) is 0.585. The molecule has 0 aliphatic heterocycles. The molecule has 27 heavy (non-hydrogen) atoms. The molecule has 134 valence electrons. The highest BCUT2D eigenvalue weighted by molar-refractivity contribution is 5.89. The number of hydrogen-bond donors (Lipinski definition) is 1. The molecule has 0 aliphatic rings. The fourth-order valence-corrected chi connectivity index (χ4v) is 3.50. The molecule has 2 aromatic heterocycles. The van der Waals surface area contributed by atoms with Crippen LogP contribution in [-0.2, 0) is 6.54 Å². The van der Waals surface area contributed by atoms with Gasteiger partial charge in [0, 0.05) is 6.20 Å². The van der Waals surface area contributed by atoms with Gasteiger partial charge in [-0.2, -0.15) is 0 Å². The van der Waals surface area contributed by atoms with Crippen LogP contribution in [0.5, 0.6) is 0 Å². The maximum Gasteiger partial charge on any atom is 0.354 e. The molecule has 0 aliphatic carbocycles. The van der Waals surface area contributed by atoms with Crippen LogP contribution in [0.25, 0.3) is 22.3 Å². The first-order valence-corrected chi connectivity index (χ1v) is 8.75. The topological polar surface area (TPSA) is 68.0 Å². The Morgan fingerprint density at radius 3 is 2.56 bits per heavy atom. The Kier molecular flexibility index (Phi) is 4.20. The second kappa shape index (κ2) is 6.68. The summed E-state index contributed by atoms with van der Waals surface area (Å²) in [5.41, 5.74) is 3.54. The number of hydrogen-bond acceptors (Lipinski definition) is 3. The Morgan fingerprint density at radius 2 is 1.81 bits per heavy atom. The van der Waals surface area contributed by atoms with E-state index in [-0.39, 0.29) is 5.69 Å². The van der Waals surface area contributed by atoms with Crippen LogP contribution in [0.1, 0.15) is 27.3 Å². The predicted molar refractivity (Wildman–Crippen MR) is 105 cm³/mol. The molecule has 2 heterocycles. The van der Waals surface area contributed by atoms with Crippen LogP contribution in [0, 0.1) is 13.8 Å². The monoisotopic (exact) mass is 357 g/mol. The number of fused-ring (bicyclic) bond motifs is 1. The van der Waals surface area contributed by atoms with Gasteiger partial charge in [-0.1, -0.05) is 42.5 Å². The summed E-state index contributed by atoms with van der Waals surface area (Å²) in [6, 6.07) is 17.9. The van der Waals surface area contributed by atoms with E-state index in [4.69, 9.17) is 0 Å². The van der Waals surface area contributed by atoms with Gasteiger partial charge in [-0.05, 0) is 47.9 Å². The summed E-state index contributed by atoms with van der Waals surface area (Å²) >= 11 is 0. The van der Waals surface area contributed by atoms with Crippen LogP contribution in [-0.4, -0.2) is 25.6 Å². The summed E-state index contributed by atoms with van der Waals surface area (Å²) < 4.78 is 1.76. The summed E-state index contributed by atoms with van der Waals surface area (Å²) in [4.78, 5) is 20.8. The summed E-state index contributed by atoms with van der Waals surface area (Å²) in [6.07, 6.45) is 1.69. The van der Waals surface area contributed by atoms with E-state index in [2.05, 4.69) is 34.2 Å². The standard InChI is InChI=1S/C22H19N3O2/c1-14-10-11-16-7-3-4-8-17(16)18(14)13-25-20(22(26)27)15(2)24-21(25)19-9-5-6-12-23-19/h3-12H,13H2,1-2H3,(H,26,27). The largest absolute Gasteiger partial charge is 0.477 e. The van der Waals surface area contributed by atoms with Crippen LogP contribution in [0.15, 0.2) is 60.8 Å². The summed E-state index contributed by atoms with van der Waals surface area (Å²) in [7, 11) is 0. The number of aromatic carboxylic acids is 1. The molecule has 5 heteroatoms. The van der Waals surface area contributed by atoms with Crippen molar-refractivity contribution >= 4 is 16.7 Å². The normalized spacial score (nSPS) is 11.0. The second-order valence-electron chi connectivity index (χ2n) is 6.56. The SMILES string of the molecule is Cc1ccc2ccccc2c1Cn1c(-c2ccccn2)nc(C)c1C(=O)O. The number of carboxylic acids is 1. The van der Waals surface area contributed by atoms with Crippen LogP contribution in [0.4, 0.5) is 0 Å². The van der Waals surface area contributed by atoms with E-state index in [9.17, 15) is 9.90 Å². The molecule has 0 bridgehead atoms. The Labute approximate surface area is 157 Å². The van der Waals surface area contributed by atoms with Crippen LogP contribution >= 0.6 is 0 Å². The van der Waals surface area contributed by atoms with Crippen LogP contribution in [0.3, 0.4) is 0 Å². The minimum atomic E-state index is -0.986. The van der Waals surface area contributed by atoms with Gasteiger partial charge in [-0.25, -0.2) is 9.78 Å². The van der Waals surface area contributed by atoms with E-state index in [1.54, 1.807) is 17.7 Å². The number of imidazole rings is 1. The van der Waals surface area contributed by atoms with Crippen molar-refractivity contribution < 1.29 is 9.90 Å². The number of benzene rings is 2. The lowest BCUT2D eigenvalue weighted by molar-refractivity contribution is 0.0685. The molecule has 0 radical (unpaired) electrons. The number of aromatic nitrogens is 3. The highest BCUT2D eigenvalue weighted by atomic mass is 16.4. The average molecular weight is 357 g/mol. The zero-order valence-corrected chi connectivity index (χ0v) is 15.2. The molecule has 0 unspecified atom stereocenters. The minimum Gasteiger partial charge on any atom is -0.477 e. The summed E-state index contributed by atoms with van der Waals surface area (Å²) in [5.74, 6) is -0.419. The van der Waals surface area contributed by atoms with E-state index >= 15 is 0 Å². The summed E-state index contributed by atoms with van der Waals surface area (Å²) in [6.45, 7) is 4.19. The van der Waals surface area contributed by atoms with Gasteiger partial charge in [0.15, 0.2) is 11.5 Å². The first kappa shape index (κ1) is 17.0. The molecular weight excluding hydrogens is 338 g/mol. The van der Waals surface area contributed by atoms with Crippen molar-refractivity contribution in [2.24, 2.45) is 0 Å². The molecule has 4 rings (SSSR count). The Bertz CT molecular complexity index is 1150. The molecule has 0 saturated heterocycles. The zero-order valence-electron chi connectivity index (χ0n) is 15.2. The maximum absolute atomic E-state index is 11.9. The molecule has 0 saturated carbocycles. The van der Waals surface area contributed by atoms with Gasteiger partial charge in [-0.15, -0.1) is 0 Å². The van der Waals surface area contributed by atoms with E-state index < -0.39 is 5.97 Å². The van der Waals surface area contributed by atoms with Crippen molar-refractivity contribution in [3.05, 3.63) is 83.3 Å². The number of pyridine rings is 1. The molecule has 4 aromatic rings. The van der Waals surface area contributed by atoms with E-state index in [0.717, 1.165) is 21.9 Å². The molecule has 0 atom stereocenters. The lowest BCUT2D eigenvalue weighted by Crippen LogP contribution is -2.13. The lowest BCUT2D eigenvalue weighted by atomic mass is 9.99. The predicted octanol–water partition coefficient (Wildman–Crippen LogP) is 4.46. The fourth-order valence-electron chi connectivity index (χ4n) is 3.50. The third-order valence-electron chi connectivity index (χ3n) is 4.83. The smallest absolute Gasteiger partial charge is 0.354 e. The average Bonchev–Trinajstić information content (AvgIpc) is 3.01. The first-order chi connectivity index (χ1) is 13.1.